The van der Waals surface area contributed by atoms with Crippen LogP contribution in [0, 0.1) is 5.82 Å². The van der Waals surface area contributed by atoms with Gasteiger partial charge in [0.15, 0.2) is 0 Å². The van der Waals surface area contributed by atoms with Gasteiger partial charge in [0.05, 0.1) is 12.6 Å². The third kappa shape index (κ3) is 3.16. The van der Waals surface area contributed by atoms with Crippen LogP contribution in [0.2, 0.25) is 0 Å². The van der Waals surface area contributed by atoms with Crippen LogP contribution < -0.4 is 16.0 Å². The summed E-state index contributed by atoms with van der Waals surface area (Å²) in [5, 5.41) is 16.8. The van der Waals surface area contributed by atoms with Gasteiger partial charge in [-0.1, -0.05) is 0 Å². The number of aliphatic hydroxyl groups excluding tert-OH is 1. The molecule has 24 heavy (non-hydrogen) atoms. The molecular weight excluding hydrogens is 319 g/mol. The molecule has 0 saturated carbocycles. The maximum absolute atomic E-state index is 12.8. The summed E-state index contributed by atoms with van der Waals surface area (Å²) in [6.45, 7) is -0.263. The average molecular weight is 336 g/mol. The Labute approximate surface area is 137 Å². The number of carbonyl (C=O) groups is 3. The summed E-state index contributed by atoms with van der Waals surface area (Å²) < 4.78 is 12.8. The standard InChI is InChI=1S/C15H17FN4O4/c16-8-1-3-9(4-2-8)17-15(24)18-10-5-12-13(22)19-11(7-21)14(23)20(12)6-10/h1-4,10-12,21H,5-7H2,(H,19,22)(H2,17,18,24)/t10-,11-,12-/m0/s1. The second-order valence-electron chi connectivity index (χ2n) is 5.79. The number of hydrogen-bond donors (Lipinski definition) is 4. The molecule has 8 nitrogen and oxygen atoms in total. The molecule has 2 aliphatic rings. The van der Waals surface area contributed by atoms with Gasteiger partial charge in [-0.15, -0.1) is 0 Å². The number of nitrogens with zero attached hydrogens (tertiary/aromatic N) is 1. The summed E-state index contributed by atoms with van der Waals surface area (Å²) in [5.41, 5.74) is 0.429. The first kappa shape index (κ1) is 16.2. The molecule has 1 aromatic rings. The van der Waals surface area contributed by atoms with Crippen LogP contribution in [0.3, 0.4) is 0 Å². The molecule has 3 atom stereocenters. The monoisotopic (exact) mass is 336 g/mol. The van der Waals surface area contributed by atoms with Crippen LogP contribution in [0.25, 0.3) is 0 Å². The second kappa shape index (κ2) is 6.44. The Morgan fingerprint density at radius 2 is 2.04 bits per heavy atom. The van der Waals surface area contributed by atoms with E-state index in [-0.39, 0.29) is 24.4 Å². The van der Waals surface area contributed by atoms with Crippen molar-refractivity contribution in [2.75, 3.05) is 18.5 Å². The molecule has 4 amide bonds. The van der Waals surface area contributed by atoms with Crippen LogP contribution >= 0.6 is 0 Å². The van der Waals surface area contributed by atoms with Gasteiger partial charge in [0, 0.05) is 12.2 Å². The van der Waals surface area contributed by atoms with Gasteiger partial charge in [-0.25, -0.2) is 9.18 Å². The lowest BCUT2D eigenvalue weighted by Crippen LogP contribution is -2.62. The number of nitrogens with one attached hydrogen (secondary N) is 3. The molecule has 0 radical (unpaired) electrons. The normalized spacial score (nSPS) is 25.9. The number of carbonyl (C=O) groups excluding carboxylic acids is 3. The Morgan fingerprint density at radius 1 is 1.33 bits per heavy atom. The molecule has 4 N–H and O–H groups in total. The molecule has 2 heterocycles. The minimum Gasteiger partial charge on any atom is -0.394 e. The highest BCUT2D eigenvalue weighted by Gasteiger charge is 2.46. The fourth-order valence-electron chi connectivity index (χ4n) is 2.97. The highest BCUT2D eigenvalue weighted by molar-refractivity contribution is 5.98. The Hall–Kier alpha value is -2.68. The van der Waals surface area contributed by atoms with Gasteiger partial charge >= 0.3 is 6.03 Å². The fraction of sp³-hybridized carbons (Fsp3) is 0.400. The van der Waals surface area contributed by atoms with Crippen LogP contribution in [0.1, 0.15) is 6.42 Å². The average Bonchev–Trinajstić information content (AvgIpc) is 2.97. The summed E-state index contributed by atoms with van der Waals surface area (Å²) in [4.78, 5) is 37.5. The highest BCUT2D eigenvalue weighted by atomic mass is 19.1. The van der Waals surface area contributed by atoms with E-state index in [9.17, 15) is 18.8 Å². The van der Waals surface area contributed by atoms with Crippen molar-refractivity contribution in [2.24, 2.45) is 0 Å². The molecule has 2 saturated heterocycles. The number of anilines is 1. The zero-order valence-corrected chi connectivity index (χ0v) is 12.7. The zero-order valence-electron chi connectivity index (χ0n) is 12.7. The van der Waals surface area contributed by atoms with Gasteiger partial charge in [-0.3, -0.25) is 9.59 Å². The third-order valence-corrected chi connectivity index (χ3v) is 4.12. The summed E-state index contributed by atoms with van der Waals surface area (Å²) in [7, 11) is 0. The zero-order chi connectivity index (χ0) is 17.3. The Kier molecular flexibility index (Phi) is 4.34. The Bertz CT molecular complexity index is 666. The lowest BCUT2D eigenvalue weighted by molar-refractivity contribution is -0.148. The Morgan fingerprint density at radius 3 is 2.71 bits per heavy atom. The van der Waals surface area contributed by atoms with Crippen molar-refractivity contribution in [1.82, 2.24) is 15.5 Å². The van der Waals surface area contributed by atoms with E-state index in [1.54, 1.807) is 0 Å². The number of hydrogen-bond acceptors (Lipinski definition) is 4. The van der Waals surface area contributed by atoms with Crippen molar-refractivity contribution in [1.29, 1.82) is 0 Å². The smallest absolute Gasteiger partial charge is 0.319 e. The number of amides is 4. The van der Waals surface area contributed by atoms with Gasteiger partial charge < -0.3 is 26.0 Å². The number of halogens is 1. The van der Waals surface area contributed by atoms with Crippen LogP contribution in [0.15, 0.2) is 24.3 Å². The third-order valence-electron chi connectivity index (χ3n) is 4.12. The Balaban J connectivity index is 1.59. The number of aliphatic hydroxyl groups is 1. The van der Waals surface area contributed by atoms with E-state index in [1.165, 1.54) is 29.2 Å². The number of benzene rings is 1. The first-order valence-corrected chi connectivity index (χ1v) is 7.52. The molecule has 9 heteroatoms. The van der Waals surface area contributed by atoms with Crippen molar-refractivity contribution in [2.45, 2.75) is 24.5 Å². The van der Waals surface area contributed by atoms with Crippen molar-refractivity contribution < 1.29 is 23.9 Å². The number of fused-ring (bicyclic) bond motifs is 1. The second-order valence-corrected chi connectivity index (χ2v) is 5.79. The molecule has 0 aromatic heterocycles. The number of piperazine rings is 1. The molecule has 1 aromatic carbocycles. The summed E-state index contributed by atoms with van der Waals surface area (Å²) in [5.74, 6) is -1.10. The topological polar surface area (TPSA) is 111 Å². The van der Waals surface area contributed by atoms with E-state index in [4.69, 9.17) is 5.11 Å². The molecule has 128 valence electrons. The van der Waals surface area contributed by atoms with Crippen molar-refractivity contribution in [3.63, 3.8) is 0 Å². The molecule has 0 aliphatic carbocycles. The van der Waals surface area contributed by atoms with Crippen LogP contribution in [0.4, 0.5) is 14.9 Å². The van der Waals surface area contributed by atoms with Crippen LogP contribution in [0.5, 0.6) is 0 Å². The van der Waals surface area contributed by atoms with E-state index in [1.807, 2.05) is 0 Å². The molecular formula is C15H17FN4O4. The van der Waals surface area contributed by atoms with Crippen LogP contribution in [-0.4, -0.2) is 59.1 Å². The van der Waals surface area contributed by atoms with Crippen molar-refractivity contribution in [3.8, 4) is 0 Å². The van der Waals surface area contributed by atoms with Crippen molar-refractivity contribution in [3.05, 3.63) is 30.1 Å². The molecule has 0 unspecified atom stereocenters. The van der Waals surface area contributed by atoms with Gasteiger partial charge in [0.1, 0.15) is 17.9 Å². The van der Waals surface area contributed by atoms with Gasteiger partial charge in [0.2, 0.25) is 11.8 Å². The van der Waals surface area contributed by atoms with Gasteiger partial charge in [-0.2, -0.15) is 0 Å². The summed E-state index contributed by atoms with van der Waals surface area (Å²) in [6, 6.07) is 2.84. The highest BCUT2D eigenvalue weighted by Crippen LogP contribution is 2.22. The van der Waals surface area contributed by atoms with Gasteiger partial charge in [0.25, 0.3) is 0 Å². The first-order valence-electron chi connectivity index (χ1n) is 7.52. The van der Waals surface area contributed by atoms with E-state index in [2.05, 4.69) is 16.0 Å². The predicted octanol–water partition coefficient (Wildman–Crippen LogP) is -0.593. The first-order chi connectivity index (χ1) is 11.5. The SMILES string of the molecule is O=C(Nc1ccc(F)cc1)N[C@H]1C[C@H]2C(=O)N[C@@H](CO)C(=O)N2C1. The predicted molar refractivity (Wildman–Crippen MR) is 81.5 cm³/mol. The van der Waals surface area contributed by atoms with Gasteiger partial charge in [-0.05, 0) is 30.7 Å². The van der Waals surface area contributed by atoms with E-state index in [0.29, 0.717) is 12.1 Å². The summed E-state index contributed by atoms with van der Waals surface area (Å²) in [6.07, 6.45) is 0.298. The largest absolute Gasteiger partial charge is 0.394 e. The molecule has 0 bridgehead atoms. The maximum Gasteiger partial charge on any atom is 0.319 e. The minimum atomic E-state index is -0.930. The van der Waals surface area contributed by atoms with Crippen LogP contribution in [-0.2, 0) is 9.59 Å². The molecule has 2 fully saturated rings. The molecule has 3 rings (SSSR count). The minimum absolute atomic E-state index is 0.199. The van der Waals surface area contributed by atoms with E-state index >= 15 is 0 Å². The fourth-order valence-corrected chi connectivity index (χ4v) is 2.97. The lowest BCUT2D eigenvalue weighted by atomic mass is 10.1. The van der Waals surface area contributed by atoms with Crippen molar-refractivity contribution >= 4 is 23.5 Å². The van der Waals surface area contributed by atoms with E-state index < -0.39 is 30.5 Å². The lowest BCUT2D eigenvalue weighted by Gasteiger charge is -2.33. The number of rotatable bonds is 3. The maximum atomic E-state index is 12.8. The van der Waals surface area contributed by atoms with E-state index in [0.717, 1.165) is 0 Å². The molecule has 2 aliphatic heterocycles. The number of urea groups is 1. The summed E-state index contributed by atoms with van der Waals surface area (Å²) >= 11 is 0. The quantitative estimate of drug-likeness (QED) is 0.591. The molecule has 0 spiro atoms.